The summed E-state index contributed by atoms with van der Waals surface area (Å²) in [6.45, 7) is 4.37. The van der Waals surface area contributed by atoms with Crippen LogP contribution in [0, 0.1) is 6.92 Å². The topological polar surface area (TPSA) is 68.7 Å². The highest BCUT2D eigenvalue weighted by atomic mass is 16.5. The molecule has 1 fully saturated rings. The average Bonchev–Trinajstić information content (AvgIpc) is 3.24. The molecule has 0 radical (unpaired) electrons. The van der Waals surface area contributed by atoms with Crippen molar-refractivity contribution in [2.75, 3.05) is 20.2 Å². The molecule has 0 amide bonds. The summed E-state index contributed by atoms with van der Waals surface area (Å²) >= 11 is 0. The van der Waals surface area contributed by atoms with E-state index in [2.05, 4.69) is 9.88 Å². The van der Waals surface area contributed by atoms with Gasteiger partial charge in [0.05, 0.1) is 13.7 Å². The Morgan fingerprint density at radius 1 is 1.35 bits per heavy atom. The van der Waals surface area contributed by atoms with E-state index in [0.717, 1.165) is 54.2 Å². The van der Waals surface area contributed by atoms with Gasteiger partial charge in [-0.15, -0.1) is 0 Å². The third-order valence-corrected chi connectivity index (χ3v) is 4.88. The third-order valence-electron chi connectivity index (χ3n) is 4.88. The second-order valence-electron chi connectivity index (χ2n) is 6.81. The Balaban J connectivity index is 1.47. The van der Waals surface area contributed by atoms with E-state index in [4.69, 9.17) is 13.6 Å². The van der Waals surface area contributed by atoms with Crippen LogP contribution in [0.25, 0.3) is 11.1 Å². The maximum atomic E-state index is 11.7. The number of rotatable bonds is 4. The summed E-state index contributed by atoms with van der Waals surface area (Å²) < 4.78 is 16.4. The Bertz CT molecular complexity index is 894. The van der Waals surface area contributed by atoms with Crippen LogP contribution in [0.1, 0.15) is 46.5 Å². The molecular weight excluding hydrogens is 332 g/mol. The van der Waals surface area contributed by atoms with Crippen molar-refractivity contribution < 1.29 is 18.4 Å². The molecule has 0 unspecified atom stereocenters. The van der Waals surface area contributed by atoms with Gasteiger partial charge >= 0.3 is 5.97 Å². The first-order valence-electron chi connectivity index (χ1n) is 8.89. The zero-order valence-corrected chi connectivity index (χ0v) is 15.0. The first-order valence-corrected chi connectivity index (χ1v) is 8.89. The van der Waals surface area contributed by atoms with E-state index < -0.39 is 5.97 Å². The highest BCUT2D eigenvalue weighted by Crippen LogP contribution is 2.30. The number of furan rings is 1. The number of oxazole rings is 1. The highest BCUT2D eigenvalue weighted by Gasteiger charge is 2.26. The summed E-state index contributed by atoms with van der Waals surface area (Å²) in [5, 5.41) is 0. The van der Waals surface area contributed by atoms with Gasteiger partial charge in [0.2, 0.25) is 5.76 Å². The number of para-hydroxylation sites is 2. The van der Waals surface area contributed by atoms with Crippen LogP contribution in [-0.4, -0.2) is 36.1 Å². The van der Waals surface area contributed by atoms with E-state index in [0.29, 0.717) is 6.54 Å². The van der Waals surface area contributed by atoms with Crippen LogP contribution >= 0.6 is 0 Å². The Morgan fingerprint density at radius 3 is 3.00 bits per heavy atom. The smallest absolute Gasteiger partial charge is 0.374 e. The number of hydrogen-bond acceptors (Lipinski definition) is 6. The number of ether oxygens (including phenoxy) is 1. The van der Waals surface area contributed by atoms with E-state index in [1.54, 1.807) is 0 Å². The molecular formula is C20H22N2O4. The highest BCUT2D eigenvalue weighted by molar-refractivity contribution is 5.87. The molecule has 0 N–H and O–H groups in total. The second kappa shape index (κ2) is 6.96. The van der Waals surface area contributed by atoms with Crippen molar-refractivity contribution in [3.63, 3.8) is 0 Å². The van der Waals surface area contributed by atoms with Crippen LogP contribution in [0.5, 0.6) is 0 Å². The van der Waals surface area contributed by atoms with Gasteiger partial charge in [-0.05, 0) is 44.5 Å². The number of piperidine rings is 1. The lowest BCUT2D eigenvalue weighted by molar-refractivity contribution is 0.0559. The number of hydrogen-bond donors (Lipinski definition) is 0. The van der Waals surface area contributed by atoms with E-state index >= 15 is 0 Å². The summed E-state index contributed by atoms with van der Waals surface area (Å²) in [7, 11) is 1.36. The van der Waals surface area contributed by atoms with Crippen molar-refractivity contribution in [2.45, 2.75) is 32.2 Å². The second-order valence-corrected chi connectivity index (χ2v) is 6.81. The third kappa shape index (κ3) is 3.24. The Labute approximate surface area is 151 Å². The molecule has 0 aliphatic carbocycles. The molecule has 1 aliphatic rings. The molecule has 0 saturated carbocycles. The molecule has 26 heavy (non-hydrogen) atoms. The van der Waals surface area contributed by atoms with Crippen molar-refractivity contribution in [1.82, 2.24) is 9.88 Å². The minimum Gasteiger partial charge on any atom is -0.463 e. The number of benzene rings is 1. The van der Waals surface area contributed by atoms with E-state index in [1.165, 1.54) is 7.11 Å². The Kier molecular flexibility index (Phi) is 4.51. The van der Waals surface area contributed by atoms with Gasteiger partial charge in [0.1, 0.15) is 11.3 Å². The molecule has 1 saturated heterocycles. The maximum Gasteiger partial charge on any atom is 0.374 e. The summed E-state index contributed by atoms with van der Waals surface area (Å²) in [4.78, 5) is 18.7. The fourth-order valence-electron chi connectivity index (χ4n) is 3.61. The normalized spacial score (nSPS) is 18.3. The molecule has 1 atom stereocenters. The number of aryl methyl sites for hydroxylation is 1. The summed E-state index contributed by atoms with van der Waals surface area (Å²) in [6, 6.07) is 9.77. The van der Waals surface area contributed by atoms with E-state index in [9.17, 15) is 4.79 Å². The lowest BCUT2D eigenvalue weighted by Crippen LogP contribution is -2.33. The van der Waals surface area contributed by atoms with Gasteiger partial charge in [-0.3, -0.25) is 4.90 Å². The predicted molar refractivity (Wildman–Crippen MR) is 96.0 cm³/mol. The van der Waals surface area contributed by atoms with Crippen molar-refractivity contribution >= 4 is 17.1 Å². The molecule has 0 spiro atoms. The van der Waals surface area contributed by atoms with E-state index in [1.807, 2.05) is 37.3 Å². The molecule has 6 heteroatoms. The zero-order chi connectivity index (χ0) is 18.1. The minimum absolute atomic E-state index is 0.271. The molecule has 3 aromatic rings. The van der Waals surface area contributed by atoms with Crippen LogP contribution in [0.3, 0.4) is 0 Å². The van der Waals surface area contributed by atoms with Crippen LogP contribution in [0.2, 0.25) is 0 Å². The standard InChI is InChI=1S/C20H22N2O4/c1-13-10-15(25-18(13)20(23)24-2)12-22-9-5-6-14(11-22)19-21-16-7-3-4-8-17(16)26-19/h3-4,7-8,10,14H,5-6,9,11-12H2,1-2H3/t14-/m0/s1. The summed E-state index contributed by atoms with van der Waals surface area (Å²) in [6.07, 6.45) is 2.14. The predicted octanol–water partition coefficient (Wildman–Crippen LogP) is 3.90. The molecule has 2 aromatic heterocycles. The maximum absolute atomic E-state index is 11.7. The number of methoxy groups -OCH3 is 1. The van der Waals surface area contributed by atoms with Crippen LogP contribution in [0.15, 0.2) is 39.2 Å². The fourth-order valence-corrected chi connectivity index (χ4v) is 3.61. The molecule has 3 heterocycles. The van der Waals surface area contributed by atoms with Crippen molar-refractivity contribution in [1.29, 1.82) is 0 Å². The number of likely N-dealkylation sites (tertiary alicyclic amines) is 1. The minimum atomic E-state index is -0.434. The molecule has 1 aliphatic heterocycles. The first kappa shape index (κ1) is 16.8. The quantitative estimate of drug-likeness (QED) is 0.662. The van der Waals surface area contributed by atoms with Gasteiger partial charge in [-0.1, -0.05) is 12.1 Å². The fraction of sp³-hybridized carbons (Fsp3) is 0.400. The molecule has 0 bridgehead atoms. The van der Waals surface area contributed by atoms with Crippen molar-refractivity contribution in [3.05, 3.63) is 53.3 Å². The molecule has 136 valence electrons. The number of nitrogens with zero attached hydrogens (tertiary/aromatic N) is 2. The van der Waals surface area contributed by atoms with Gasteiger partial charge < -0.3 is 13.6 Å². The summed E-state index contributed by atoms with van der Waals surface area (Å²) in [5.74, 6) is 1.71. The zero-order valence-electron chi connectivity index (χ0n) is 15.0. The van der Waals surface area contributed by atoms with Gasteiger partial charge in [-0.2, -0.15) is 0 Å². The SMILES string of the molecule is COC(=O)c1oc(CN2CCC[C@H](c3nc4ccccc4o3)C2)cc1C. The van der Waals surface area contributed by atoms with Gasteiger partial charge in [0.15, 0.2) is 11.5 Å². The van der Waals surface area contributed by atoms with Gasteiger partial charge in [0.25, 0.3) is 0 Å². The average molecular weight is 354 g/mol. The van der Waals surface area contributed by atoms with Crippen LogP contribution in [-0.2, 0) is 11.3 Å². The largest absolute Gasteiger partial charge is 0.463 e. The lowest BCUT2D eigenvalue weighted by atomic mass is 9.98. The molecule has 1 aromatic carbocycles. The first-order chi connectivity index (χ1) is 12.6. The van der Waals surface area contributed by atoms with Crippen LogP contribution in [0.4, 0.5) is 0 Å². The Morgan fingerprint density at radius 2 is 2.19 bits per heavy atom. The number of fused-ring (bicyclic) bond motifs is 1. The van der Waals surface area contributed by atoms with Gasteiger partial charge in [-0.25, -0.2) is 9.78 Å². The van der Waals surface area contributed by atoms with Crippen molar-refractivity contribution in [3.8, 4) is 0 Å². The lowest BCUT2D eigenvalue weighted by Gasteiger charge is -2.30. The Hall–Kier alpha value is -2.60. The van der Waals surface area contributed by atoms with E-state index in [-0.39, 0.29) is 11.7 Å². The molecule has 6 nitrogen and oxygen atoms in total. The molecule has 4 rings (SSSR count). The summed E-state index contributed by atoms with van der Waals surface area (Å²) in [5.41, 5.74) is 2.55. The van der Waals surface area contributed by atoms with Crippen LogP contribution < -0.4 is 0 Å². The van der Waals surface area contributed by atoms with Gasteiger partial charge in [0, 0.05) is 18.0 Å². The monoisotopic (exact) mass is 354 g/mol. The number of aromatic nitrogens is 1. The number of esters is 1. The number of carbonyl (C=O) groups is 1. The number of carbonyl (C=O) groups excluding carboxylic acids is 1. The van der Waals surface area contributed by atoms with Crippen molar-refractivity contribution in [2.24, 2.45) is 0 Å².